The molecule has 0 N–H and O–H groups in total. The molecule has 90 valence electrons. The van der Waals surface area contributed by atoms with Crippen LogP contribution in [0.3, 0.4) is 0 Å². The number of pyridine rings is 1. The molecule has 0 unspecified atom stereocenters. The second kappa shape index (κ2) is 5.41. The fraction of sp³-hybridized carbons (Fsp3) is 0.300. The monoisotopic (exact) mass is 254 g/mol. The molecule has 1 aromatic heterocycles. The fourth-order valence-corrected chi connectivity index (χ4v) is 2.24. The van der Waals surface area contributed by atoms with Crippen LogP contribution in [-0.4, -0.2) is 32.2 Å². The minimum absolute atomic E-state index is 0.0177. The van der Waals surface area contributed by atoms with Crippen LogP contribution in [0.4, 0.5) is 0 Å². The Morgan fingerprint density at radius 2 is 2.24 bits per heavy atom. The number of esters is 1. The van der Waals surface area contributed by atoms with Crippen molar-refractivity contribution < 1.29 is 17.9 Å². The summed E-state index contributed by atoms with van der Waals surface area (Å²) < 4.78 is 27.8. The predicted octanol–water partition coefficient (Wildman–Crippen LogP) is 0.290. The highest BCUT2D eigenvalue weighted by Crippen LogP contribution is 2.10. The number of nitrogens with zero attached hydrogens (tertiary/aromatic N) is 2. The Hall–Kier alpha value is -1.94. The van der Waals surface area contributed by atoms with Crippen molar-refractivity contribution in [3.63, 3.8) is 0 Å². The number of sulfone groups is 1. The quantitative estimate of drug-likeness (QED) is 0.716. The van der Waals surface area contributed by atoms with Crippen molar-refractivity contribution in [2.45, 2.75) is 11.4 Å². The van der Waals surface area contributed by atoms with Gasteiger partial charge >= 0.3 is 5.97 Å². The van der Waals surface area contributed by atoms with Gasteiger partial charge in [-0.05, 0) is 12.1 Å². The van der Waals surface area contributed by atoms with Gasteiger partial charge in [-0.25, -0.2) is 13.4 Å². The van der Waals surface area contributed by atoms with Gasteiger partial charge in [0.05, 0.1) is 19.3 Å². The first-order valence-corrected chi connectivity index (χ1v) is 6.31. The lowest BCUT2D eigenvalue weighted by Crippen LogP contribution is -2.13. The maximum Gasteiger partial charge on any atom is 0.306 e. The minimum Gasteiger partial charge on any atom is -0.469 e. The number of hydrogen-bond acceptors (Lipinski definition) is 6. The summed E-state index contributed by atoms with van der Waals surface area (Å²) in [5, 5.41) is 8.39. The van der Waals surface area contributed by atoms with Crippen molar-refractivity contribution in [3.8, 4) is 6.07 Å². The minimum atomic E-state index is -3.66. The third kappa shape index (κ3) is 3.53. The summed E-state index contributed by atoms with van der Waals surface area (Å²) in [6, 6.07) is 5.86. The summed E-state index contributed by atoms with van der Waals surface area (Å²) >= 11 is 0. The fourth-order valence-electron chi connectivity index (χ4n) is 1.07. The molecule has 0 aliphatic carbocycles. The van der Waals surface area contributed by atoms with Crippen molar-refractivity contribution >= 4 is 15.8 Å². The molecule has 0 saturated carbocycles. The molecule has 0 fully saturated rings. The first kappa shape index (κ1) is 13.1. The molecular weight excluding hydrogens is 244 g/mol. The van der Waals surface area contributed by atoms with E-state index in [4.69, 9.17) is 5.26 Å². The Kier molecular flexibility index (Phi) is 4.17. The molecule has 0 bridgehead atoms. The maximum absolute atomic E-state index is 11.7. The molecule has 1 rings (SSSR count). The summed E-state index contributed by atoms with van der Waals surface area (Å²) in [6.07, 6.45) is -0.239. The number of carbonyl (C=O) groups excluding carboxylic acids is 1. The van der Waals surface area contributed by atoms with Crippen molar-refractivity contribution in [1.82, 2.24) is 4.98 Å². The van der Waals surface area contributed by atoms with E-state index in [0.29, 0.717) is 0 Å². The summed E-state index contributed by atoms with van der Waals surface area (Å²) in [5.74, 6) is -0.994. The molecule has 0 aliphatic heterocycles. The van der Waals surface area contributed by atoms with E-state index in [9.17, 15) is 13.2 Å². The van der Waals surface area contributed by atoms with Crippen LogP contribution in [-0.2, 0) is 19.4 Å². The van der Waals surface area contributed by atoms with E-state index in [1.54, 1.807) is 6.07 Å². The second-order valence-corrected chi connectivity index (χ2v) is 5.17. The number of ether oxygens (including phenoxy) is 1. The Bertz CT molecular complexity index is 560. The van der Waals surface area contributed by atoms with Crippen LogP contribution >= 0.6 is 0 Å². The molecule has 0 aliphatic rings. The molecule has 17 heavy (non-hydrogen) atoms. The zero-order chi connectivity index (χ0) is 12.9. The van der Waals surface area contributed by atoms with Gasteiger partial charge in [0.15, 0.2) is 14.9 Å². The molecule has 0 saturated heterocycles. The summed E-state index contributed by atoms with van der Waals surface area (Å²) in [6.45, 7) is 0. The van der Waals surface area contributed by atoms with Crippen LogP contribution < -0.4 is 0 Å². The van der Waals surface area contributed by atoms with E-state index >= 15 is 0 Å². The van der Waals surface area contributed by atoms with E-state index in [1.165, 1.54) is 25.3 Å². The lowest BCUT2D eigenvalue weighted by molar-refractivity contribution is -0.140. The average Bonchev–Trinajstić information content (AvgIpc) is 2.36. The molecule has 0 spiro atoms. The standard InChI is InChI=1S/C10H10N2O4S/c1-16-10(13)5-6-17(14,15)9-4-2-3-8(7-11)12-9/h2-4H,5-6H2,1H3. The zero-order valence-corrected chi connectivity index (χ0v) is 9.90. The highest BCUT2D eigenvalue weighted by molar-refractivity contribution is 7.91. The third-order valence-corrected chi connectivity index (χ3v) is 3.57. The number of methoxy groups -OCH3 is 1. The van der Waals surface area contributed by atoms with E-state index in [2.05, 4.69) is 9.72 Å². The molecule has 0 amide bonds. The molecule has 1 aromatic rings. The summed E-state index contributed by atoms with van der Waals surface area (Å²) in [4.78, 5) is 14.5. The van der Waals surface area contributed by atoms with Crippen LogP contribution in [0.2, 0.25) is 0 Å². The second-order valence-electron chi connectivity index (χ2n) is 3.12. The Balaban J connectivity index is 2.90. The zero-order valence-electron chi connectivity index (χ0n) is 9.08. The highest BCUT2D eigenvalue weighted by Gasteiger charge is 2.18. The third-order valence-electron chi connectivity index (χ3n) is 1.96. The van der Waals surface area contributed by atoms with Crippen molar-refractivity contribution in [2.75, 3.05) is 12.9 Å². The Labute approximate surface area is 98.8 Å². The Morgan fingerprint density at radius 3 is 2.82 bits per heavy atom. The number of nitriles is 1. The van der Waals surface area contributed by atoms with Gasteiger partial charge in [0, 0.05) is 0 Å². The summed E-state index contributed by atoms with van der Waals surface area (Å²) in [7, 11) is -2.48. The molecule has 0 atom stereocenters. The predicted molar refractivity (Wildman–Crippen MR) is 57.6 cm³/mol. The molecule has 0 radical (unpaired) electrons. The SMILES string of the molecule is COC(=O)CCS(=O)(=O)c1cccc(C#N)n1. The lowest BCUT2D eigenvalue weighted by atomic mass is 10.4. The molecule has 1 heterocycles. The van der Waals surface area contributed by atoms with Gasteiger partial charge in [-0.3, -0.25) is 4.79 Å². The molecule has 0 aromatic carbocycles. The van der Waals surface area contributed by atoms with E-state index in [0.717, 1.165) is 0 Å². The van der Waals surface area contributed by atoms with Gasteiger partial charge in [0.2, 0.25) is 0 Å². The highest BCUT2D eigenvalue weighted by atomic mass is 32.2. The number of rotatable bonds is 4. The normalized spacial score (nSPS) is 10.6. The average molecular weight is 254 g/mol. The molecular formula is C10H10N2O4S. The van der Waals surface area contributed by atoms with E-state index in [1.807, 2.05) is 0 Å². The topological polar surface area (TPSA) is 97.1 Å². The van der Waals surface area contributed by atoms with Crippen LogP contribution in [0, 0.1) is 11.3 Å². The van der Waals surface area contributed by atoms with Gasteiger partial charge in [-0.2, -0.15) is 5.26 Å². The van der Waals surface area contributed by atoms with Gasteiger partial charge in [0.1, 0.15) is 11.8 Å². The van der Waals surface area contributed by atoms with Crippen molar-refractivity contribution in [1.29, 1.82) is 5.26 Å². The van der Waals surface area contributed by atoms with Gasteiger partial charge in [-0.15, -0.1) is 0 Å². The number of carbonyl (C=O) groups is 1. The molecule has 6 nitrogen and oxygen atoms in total. The smallest absolute Gasteiger partial charge is 0.306 e. The van der Waals surface area contributed by atoms with Crippen LogP contribution in [0.15, 0.2) is 23.2 Å². The van der Waals surface area contributed by atoms with Crippen molar-refractivity contribution in [3.05, 3.63) is 23.9 Å². The van der Waals surface area contributed by atoms with E-state index < -0.39 is 15.8 Å². The number of hydrogen-bond donors (Lipinski definition) is 0. The van der Waals surface area contributed by atoms with Crippen LogP contribution in [0.5, 0.6) is 0 Å². The van der Waals surface area contributed by atoms with Gasteiger partial charge in [0.25, 0.3) is 0 Å². The van der Waals surface area contributed by atoms with Crippen LogP contribution in [0.25, 0.3) is 0 Å². The van der Waals surface area contributed by atoms with Gasteiger partial charge < -0.3 is 4.74 Å². The van der Waals surface area contributed by atoms with Crippen LogP contribution in [0.1, 0.15) is 12.1 Å². The molecule has 7 heteroatoms. The maximum atomic E-state index is 11.7. The Morgan fingerprint density at radius 1 is 1.53 bits per heavy atom. The summed E-state index contributed by atoms with van der Waals surface area (Å²) in [5.41, 5.74) is 0.0177. The first-order valence-electron chi connectivity index (χ1n) is 4.66. The van der Waals surface area contributed by atoms with Crippen molar-refractivity contribution in [2.24, 2.45) is 0 Å². The number of aromatic nitrogens is 1. The van der Waals surface area contributed by atoms with E-state index in [-0.39, 0.29) is 22.9 Å². The van der Waals surface area contributed by atoms with Gasteiger partial charge in [-0.1, -0.05) is 6.07 Å². The largest absolute Gasteiger partial charge is 0.469 e. The first-order chi connectivity index (χ1) is 7.99. The lowest BCUT2D eigenvalue weighted by Gasteiger charge is -2.02.